The van der Waals surface area contributed by atoms with Crippen molar-refractivity contribution in [2.24, 2.45) is 5.92 Å². The Morgan fingerprint density at radius 1 is 0.880 bits per heavy atom. The standard InChI is InChI=1S/C22H23F3/c1-3-4-14-11-17-16-10-9-15(13-7-5-12(2)6-8-13)21(24)18(16)19(17)22(25)20(14)23/h9-13H,3-8H2,1-2H3. The first-order valence-corrected chi connectivity index (χ1v) is 9.36. The van der Waals surface area contributed by atoms with Crippen molar-refractivity contribution in [1.82, 2.24) is 0 Å². The Balaban J connectivity index is 1.76. The number of rotatable bonds is 3. The van der Waals surface area contributed by atoms with Gasteiger partial charge in [0.15, 0.2) is 11.6 Å². The van der Waals surface area contributed by atoms with Crippen molar-refractivity contribution in [1.29, 1.82) is 0 Å². The summed E-state index contributed by atoms with van der Waals surface area (Å²) >= 11 is 0. The van der Waals surface area contributed by atoms with E-state index in [0.29, 0.717) is 29.0 Å². The molecule has 0 atom stereocenters. The number of fused-ring (bicyclic) bond motifs is 4. The van der Waals surface area contributed by atoms with E-state index in [0.717, 1.165) is 37.7 Å². The molecule has 0 spiro atoms. The zero-order valence-corrected chi connectivity index (χ0v) is 14.8. The third kappa shape index (κ3) is 2.51. The van der Waals surface area contributed by atoms with Crippen molar-refractivity contribution in [3.05, 3.63) is 46.8 Å². The number of halogens is 3. The summed E-state index contributed by atoms with van der Waals surface area (Å²) in [5.41, 5.74) is 2.85. The molecule has 1 fully saturated rings. The largest absolute Gasteiger partial charge is 0.206 e. The second kappa shape index (κ2) is 6.19. The first-order chi connectivity index (χ1) is 12.0. The topological polar surface area (TPSA) is 0 Å². The first kappa shape index (κ1) is 16.7. The summed E-state index contributed by atoms with van der Waals surface area (Å²) in [6, 6.07) is 5.45. The summed E-state index contributed by atoms with van der Waals surface area (Å²) < 4.78 is 44.0. The zero-order chi connectivity index (χ0) is 17.7. The lowest BCUT2D eigenvalue weighted by Crippen LogP contribution is -2.15. The van der Waals surface area contributed by atoms with Crippen LogP contribution in [-0.4, -0.2) is 0 Å². The SMILES string of the molecule is CCCc1cc2c(c(F)c1F)-c1c-2ccc(C2CCC(C)CC2)c1F. The second-order valence-corrected chi connectivity index (χ2v) is 7.68. The van der Waals surface area contributed by atoms with Crippen molar-refractivity contribution in [2.45, 2.75) is 58.3 Å². The molecule has 0 aromatic heterocycles. The molecule has 0 nitrogen and oxygen atoms in total. The number of benzene rings is 2. The lowest BCUT2D eigenvalue weighted by molar-refractivity contribution is 0.342. The Hall–Kier alpha value is -1.77. The molecule has 0 saturated heterocycles. The van der Waals surface area contributed by atoms with Gasteiger partial charge in [-0.15, -0.1) is 0 Å². The van der Waals surface area contributed by atoms with Gasteiger partial charge in [0.25, 0.3) is 0 Å². The normalized spacial score (nSPS) is 21.5. The van der Waals surface area contributed by atoms with Crippen molar-refractivity contribution in [3.63, 3.8) is 0 Å². The third-order valence-corrected chi connectivity index (χ3v) is 5.97. The van der Waals surface area contributed by atoms with E-state index < -0.39 is 11.6 Å². The van der Waals surface area contributed by atoms with Crippen LogP contribution in [0.15, 0.2) is 18.2 Å². The number of aryl methyl sites for hydroxylation is 1. The highest BCUT2D eigenvalue weighted by molar-refractivity contribution is 6.03. The van der Waals surface area contributed by atoms with Crippen LogP contribution in [0.5, 0.6) is 0 Å². The van der Waals surface area contributed by atoms with Crippen LogP contribution in [0.1, 0.15) is 63.0 Å². The van der Waals surface area contributed by atoms with Gasteiger partial charge in [0.05, 0.1) is 0 Å². The highest BCUT2D eigenvalue weighted by Gasteiger charge is 2.35. The molecule has 3 heteroatoms. The number of hydrogen-bond acceptors (Lipinski definition) is 0. The maximum atomic E-state index is 15.1. The van der Waals surface area contributed by atoms with Gasteiger partial charge in [-0.3, -0.25) is 0 Å². The maximum absolute atomic E-state index is 15.1. The molecule has 4 rings (SSSR count). The summed E-state index contributed by atoms with van der Waals surface area (Å²) in [6.07, 6.45) is 5.37. The van der Waals surface area contributed by atoms with Crippen LogP contribution in [0.3, 0.4) is 0 Å². The van der Waals surface area contributed by atoms with Crippen LogP contribution in [0.2, 0.25) is 0 Å². The lowest BCUT2D eigenvalue weighted by atomic mass is 9.74. The molecule has 0 bridgehead atoms. The summed E-state index contributed by atoms with van der Waals surface area (Å²) in [7, 11) is 0. The smallest absolute Gasteiger partial charge is 0.167 e. The van der Waals surface area contributed by atoms with Crippen molar-refractivity contribution in [3.8, 4) is 22.3 Å². The highest BCUT2D eigenvalue weighted by Crippen LogP contribution is 2.53. The quantitative estimate of drug-likeness (QED) is 0.480. The molecule has 25 heavy (non-hydrogen) atoms. The highest BCUT2D eigenvalue weighted by atomic mass is 19.2. The summed E-state index contributed by atoms with van der Waals surface area (Å²) in [4.78, 5) is 0. The van der Waals surface area contributed by atoms with Gasteiger partial charge in [-0.05, 0) is 59.4 Å². The summed E-state index contributed by atoms with van der Waals surface area (Å²) in [6.45, 7) is 4.16. The van der Waals surface area contributed by atoms with Crippen LogP contribution in [-0.2, 0) is 6.42 Å². The van der Waals surface area contributed by atoms with Crippen LogP contribution < -0.4 is 0 Å². The molecule has 2 aliphatic carbocycles. The van der Waals surface area contributed by atoms with Crippen LogP contribution in [0, 0.1) is 23.4 Å². The minimum absolute atomic E-state index is 0.135. The van der Waals surface area contributed by atoms with E-state index in [9.17, 15) is 8.78 Å². The molecule has 2 aromatic carbocycles. The van der Waals surface area contributed by atoms with E-state index in [1.165, 1.54) is 0 Å². The van der Waals surface area contributed by atoms with Gasteiger partial charge in [0, 0.05) is 11.1 Å². The minimum Gasteiger partial charge on any atom is -0.206 e. The molecule has 132 valence electrons. The molecule has 2 aliphatic rings. The molecule has 0 unspecified atom stereocenters. The van der Waals surface area contributed by atoms with Gasteiger partial charge in [0.2, 0.25) is 0 Å². The van der Waals surface area contributed by atoms with E-state index >= 15 is 4.39 Å². The van der Waals surface area contributed by atoms with E-state index in [4.69, 9.17) is 0 Å². The molecule has 0 amide bonds. The average molecular weight is 344 g/mol. The van der Waals surface area contributed by atoms with Crippen molar-refractivity contribution < 1.29 is 13.2 Å². The average Bonchev–Trinajstić information content (AvgIpc) is 2.59. The fourth-order valence-electron chi connectivity index (χ4n) is 4.47. The van der Waals surface area contributed by atoms with Crippen LogP contribution >= 0.6 is 0 Å². The van der Waals surface area contributed by atoms with E-state index in [1.54, 1.807) is 6.07 Å². The van der Waals surface area contributed by atoms with Gasteiger partial charge in [-0.2, -0.15) is 0 Å². The third-order valence-electron chi connectivity index (χ3n) is 5.97. The molecular weight excluding hydrogens is 321 g/mol. The molecule has 0 heterocycles. The van der Waals surface area contributed by atoms with Crippen molar-refractivity contribution >= 4 is 0 Å². The van der Waals surface area contributed by atoms with Gasteiger partial charge >= 0.3 is 0 Å². The zero-order valence-electron chi connectivity index (χ0n) is 14.8. The van der Waals surface area contributed by atoms with E-state index in [-0.39, 0.29) is 22.9 Å². The molecule has 0 radical (unpaired) electrons. The minimum atomic E-state index is -0.887. The fraction of sp³-hybridized carbons (Fsp3) is 0.455. The molecule has 1 saturated carbocycles. The Labute approximate surface area is 147 Å². The summed E-state index contributed by atoms with van der Waals surface area (Å²) in [5.74, 6) is -1.16. The van der Waals surface area contributed by atoms with Crippen molar-refractivity contribution in [2.75, 3.05) is 0 Å². The molecule has 0 N–H and O–H groups in total. The maximum Gasteiger partial charge on any atom is 0.167 e. The lowest BCUT2D eigenvalue weighted by Gasteiger charge is -2.31. The van der Waals surface area contributed by atoms with E-state index in [2.05, 4.69) is 6.92 Å². The van der Waals surface area contributed by atoms with E-state index in [1.807, 2.05) is 19.1 Å². The Bertz CT molecular complexity index is 830. The fourth-order valence-corrected chi connectivity index (χ4v) is 4.47. The first-order valence-electron chi connectivity index (χ1n) is 9.36. The monoisotopic (exact) mass is 344 g/mol. The van der Waals surface area contributed by atoms with Gasteiger partial charge in [-0.1, -0.05) is 45.2 Å². The van der Waals surface area contributed by atoms with Crippen LogP contribution in [0.25, 0.3) is 22.3 Å². The Kier molecular flexibility index (Phi) is 4.13. The summed E-state index contributed by atoms with van der Waals surface area (Å²) in [5, 5.41) is 0. The number of hydrogen-bond donors (Lipinski definition) is 0. The van der Waals surface area contributed by atoms with Crippen LogP contribution in [0.4, 0.5) is 13.2 Å². The van der Waals surface area contributed by atoms with Gasteiger partial charge in [0.1, 0.15) is 5.82 Å². The molecule has 2 aromatic rings. The molecular formula is C22H23F3. The van der Waals surface area contributed by atoms with Gasteiger partial charge < -0.3 is 0 Å². The predicted octanol–water partition coefficient (Wildman–Crippen LogP) is 7.00. The predicted molar refractivity (Wildman–Crippen MR) is 95.1 cm³/mol. The Morgan fingerprint density at radius 3 is 2.24 bits per heavy atom. The molecule has 0 aliphatic heterocycles. The van der Waals surface area contributed by atoms with Gasteiger partial charge in [-0.25, -0.2) is 13.2 Å². The second-order valence-electron chi connectivity index (χ2n) is 7.68. The Morgan fingerprint density at radius 2 is 1.56 bits per heavy atom.